The molecule has 1 saturated carbocycles. The van der Waals surface area contributed by atoms with Crippen LogP contribution in [0.4, 0.5) is 10.5 Å². The highest BCUT2D eigenvalue weighted by Crippen LogP contribution is 2.31. The van der Waals surface area contributed by atoms with Crippen molar-refractivity contribution >= 4 is 23.3 Å². The van der Waals surface area contributed by atoms with Crippen molar-refractivity contribution in [2.45, 2.75) is 45.6 Å². The molecule has 0 unspecified atom stereocenters. The van der Waals surface area contributed by atoms with E-state index in [1.807, 2.05) is 11.0 Å². The standard InChI is InChI=1S/C18H26ClN3O/c1-13-11-14(2)17(16(19)12-13)21-7-9-22(10-8-21)18(23)20-15-5-3-4-6-15/h11-12,15H,3-10H2,1-2H3,(H,20,23). The number of halogens is 1. The van der Waals surface area contributed by atoms with E-state index in [2.05, 4.69) is 30.1 Å². The Bertz CT molecular complexity index is 553. The molecule has 0 spiro atoms. The maximum atomic E-state index is 12.3. The highest BCUT2D eigenvalue weighted by atomic mass is 35.5. The molecule has 3 rings (SSSR count). The van der Waals surface area contributed by atoms with E-state index >= 15 is 0 Å². The predicted molar refractivity (Wildman–Crippen MR) is 95.5 cm³/mol. The van der Waals surface area contributed by atoms with Crippen LogP contribution < -0.4 is 10.2 Å². The first-order valence-corrected chi connectivity index (χ1v) is 8.99. The van der Waals surface area contributed by atoms with Gasteiger partial charge < -0.3 is 15.1 Å². The molecule has 1 aromatic carbocycles. The Morgan fingerprint density at radius 2 is 1.78 bits per heavy atom. The minimum Gasteiger partial charge on any atom is -0.367 e. The number of benzene rings is 1. The number of aryl methyl sites for hydroxylation is 2. The zero-order valence-corrected chi connectivity index (χ0v) is 14.8. The van der Waals surface area contributed by atoms with Crippen LogP contribution in [0.1, 0.15) is 36.8 Å². The van der Waals surface area contributed by atoms with Crippen molar-refractivity contribution in [1.29, 1.82) is 0 Å². The van der Waals surface area contributed by atoms with Crippen LogP contribution in [0.5, 0.6) is 0 Å². The first kappa shape index (κ1) is 16.4. The minimum atomic E-state index is 0.100. The van der Waals surface area contributed by atoms with Crippen LogP contribution in [0.15, 0.2) is 12.1 Å². The average Bonchev–Trinajstić information content (AvgIpc) is 2.99. The maximum Gasteiger partial charge on any atom is 0.317 e. The van der Waals surface area contributed by atoms with Gasteiger partial charge in [0.15, 0.2) is 0 Å². The summed E-state index contributed by atoms with van der Waals surface area (Å²) in [7, 11) is 0. The molecular weight excluding hydrogens is 310 g/mol. The van der Waals surface area contributed by atoms with Gasteiger partial charge in [0, 0.05) is 32.2 Å². The zero-order valence-electron chi connectivity index (χ0n) is 14.1. The number of hydrogen-bond donors (Lipinski definition) is 1. The lowest BCUT2D eigenvalue weighted by Gasteiger charge is -2.37. The molecule has 2 amide bonds. The molecule has 0 bridgehead atoms. The normalized spacial score (nSPS) is 19.3. The predicted octanol–water partition coefficient (Wildman–Crippen LogP) is 3.73. The highest BCUT2D eigenvalue weighted by Gasteiger charge is 2.25. The van der Waals surface area contributed by atoms with Crippen molar-refractivity contribution in [3.63, 3.8) is 0 Å². The van der Waals surface area contributed by atoms with Gasteiger partial charge in [-0.05, 0) is 43.9 Å². The second kappa shape index (κ2) is 7.00. The molecule has 1 aliphatic carbocycles. The SMILES string of the molecule is Cc1cc(C)c(N2CCN(C(=O)NC3CCCC3)CC2)c(Cl)c1. The quantitative estimate of drug-likeness (QED) is 0.893. The third kappa shape index (κ3) is 3.74. The number of piperazine rings is 1. The molecule has 2 fully saturated rings. The van der Waals surface area contributed by atoms with Crippen LogP contribution in [0.3, 0.4) is 0 Å². The summed E-state index contributed by atoms with van der Waals surface area (Å²) in [6.45, 7) is 7.34. The summed E-state index contributed by atoms with van der Waals surface area (Å²) in [5.74, 6) is 0. The number of nitrogens with one attached hydrogen (secondary N) is 1. The molecule has 1 heterocycles. The molecule has 2 aliphatic rings. The van der Waals surface area contributed by atoms with E-state index in [0.29, 0.717) is 6.04 Å². The average molecular weight is 336 g/mol. The summed E-state index contributed by atoms with van der Waals surface area (Å²) in [5, 5.41) is 3.99. The van der Waals surface area contributed by atoms with Gasteiger partial charge in [0.05, 0.1) is 10.7 Å². The van der Waals surface area contributed by atoms with Crippen molar-refractivity contribution in [1.82, 2.24) is 10.2 Å². The molecular formula is C18H26ClN3O. The molecule has 1 saturated heterocycles. The second-order valence-corrected chi connectivity index (χ2v) is 7.22. The Kier molecular flexibility index (Phi) is 5.00. The van der Waals surface area contributed by atoms with Crippen molar-refractivity contribution < 1.29 is 4.79 Å². The number of anilines is 1. The summed E-state index contributed by atoms with van der Waals surface area (Å²) in [4.78, 5) is 16.6. The van der Waals surface area contributed by atoms with Crippen molar-refractivity contribution in [3.05, 3.63) is 28.3 Å². The van der Waals surface area contributed by atoms with Gasteiger partial charge in [-0.3, -0.25) is 0 Å². The number of urea groups is 1. The second-order valence-electron chi connectivity index (χ2n) is 6.82. The Morgan fingerprint density at radius 3 is 2.39 bits per heavy atom. The van der Waals surface area contributed by atoms with Gasteiger partial charge in [0.25, 0.3) is 0 Å². The number of hydrogen-bond acceptors (Lipinski definition) is 2. The molecule has 5 heteroatoms. The van der Waals surface area contributed by atoms with Crippen LogP contribution in [-0.2, 0) is 0 Å². The van der Waals surface area contributed by atoms with Crippen molar-refractivity contribution in [2.75, 3.05) is 31.1 Å². The van der Waals surface area contributed by atoms with E-state index in [9.17, 15) is 4.79 Å². The first-order chi connectivity index (χ1) is 11.0. The molecule has 23 heavy (non-hydrogen) atoms. The largest absolute Gasteiger partial charge is 0.367 e. The minimum absolute atomic E-state index is 0.100. The van der Waals surface area contributed by atoms with E-state index in [4.69, 9.17) is 11.6 Å². The van der Waals surface area contributed by atoms with Crippen LogP contribution in [0.2, 0.25) is 5.02 Å². The molecule has 0 aromatic heterocycles. The van der Waals surface area contributed by atoms with Crippen LogP contribution in [0, 0.1) is 13.8 Å². The first-order valence-electron chi connectivity index (χ1n) is 8.62. The van der Waals surface area contributed by atoms with E-state index in [-0.39, 0.29) is 6.03 Å². The van der Waals surface area contributed by atoms with Gasteiger partial charge in [-0.1, -0.05) is 30.5 Å². The van der Waals surface area contributed by atoms with Crippen LogP contribution in [0.25, 0.3) is 0 Å². The molecule has 0 atom stereocenters. The fraction of sp³-hybridized carbons (Fsp3) is 0.611. The number of amides is 2. The monoisotopic (exact) mass is 335 g/mol. The number of nitrogens with zero attached hydrogens (tertiary/aromatic N) is 2. The summed E-state index contributed by atoms with van der Waals surface area (Å²) in [5.41, 5.74) is 3.51. The molecule has 4 nitrogen and oxygen atoms in total. The molecule has 0 radical (unpaired) electrons. The Morgan fingerprint density at radius 1 is 1.13 bits per heavy atom. The lowest BCUT2D eigenvalue weighted by molar-refractivity contribution is 0.190. The van der Waals surface area contributed by atoms with Gasteiger partial charge in [0.1, 0.15) is 0 Å². The molecule has 126 valence electrons. The summed E-state index contributed by atoms with van der Waals surface area (Å²) >= 11 is 6.45. The Balaban J connectivity index is 1.59. The third-order valence-electron chi connectivity index (χ3n) is 4.96. The fourth-order valence-corrected chi connectivity index (χ4v) is 4.22. The molecule has 1 aromatic rings. The van der Waals surface area contributed by atoms with Gasteiger partial charge in [-0.15, -0.1) is 0 Å². The van der Waals surface area contributed by atoms with E-state index in [0.717, 1.165) is 49.7 Å². The summed E-state index contributed by atoms with van der Waals surface area (Å²) in [6.07, 6.45) is 4.74. The molecule has 1 aliphatic heterocycles. The molecule has 1 N–H and O–H groups in total. The highest BCUT2D eigenvalue weighted by molar-refractivity contribution is 6.33. The smallest absolute Gasteiger partial charge is 0.317 e. The van der Waals surface area contributed by atoms with Gasteiger partial charge in [-0.2, -0.15) is 0 Å². The summed E-state index contributed by atoms with van der Waals surface area (Å²) < 4.78 is 0. The van der Waals surface area contributed by atoms with Crippen LogP contribution >= 0.6 is 11.6 Å². The number of carbonyl (C=O) groups is 1. The zero-order chi connectivity index (χ0) is 16.4. The van der Waals surface area contributed by atoms with Gasteiger partial charge in [0.2, 0.25) is 0 Å². The van der Waals surface area contributed by atoms with Gasteiger partial charge in [-0.25, -0.2) is 4.79 Å². The van der Waals surface area contributed by atoms with Crippen LogP contribution in [-0.4, -0.2) is 43.2 Å². The summed E-state index contributed by atoms with van der Waals surface area (Å²) in [6, 6.07) is 4.67. The van der Waals surface area contributed by atoms with E-state index in [1.165, 1.54) is 24.0 Å². The third-order valence-corrected chi connectivity index (χ3v) is 5.25. The number of carbonyl (C=O) groups excluding carboxylic acids is 1. The fourth-order valence-electron chi connectivity index (χ4n) is 3.78. The Labute approximate surface area is 143 Å². The van der Waals surface area contributed by atoms with Crippen molar-refractivity contribution in [3.8, 4) is 0 Å². The van der Waals surface area contributed by atoms with E-state index < -0.39 is 0 Å². The maximum absolute atomic E-state index is 12.3. The lowest BCUT2D eigenvalue weighted by atomic mass is 10.1. The topological polar surface area (TPSA) is 35.6 Å². The van der Waals surface area contributed by atoms with E-state index in [1.54, 1.807) is 0 Å². The van der Waals surface area contributed by atoms with Gasteiger partial charge >= 0.3 is 6.03 Å². The van der Waals surface area contributed by atoms with Crippen molar-refractivity contribution in [2.24, 2.45) is 0 Å². The number of rotatable bonds is 2. The Hall–Kier alpha value is -1.42. The lowest BCUT2D eigenvalue weighted by Crippen LogP contribution is -2.53.